The molecule has 1 aromatic rings. The highest BCUT2D eigenvalue weighted by Crippen LogP contribution is 2.28. The van der Waals surface area contributed by atoms with Crippen molar-refractivity contribution in [3.63, 3.8) is 0 Å². The maximum Gasteiger partial charge on any atom is 0.227 e. The highest BCUT2D eigenvalue weighted by Gasteiger charge is 2.33. The standard InChI is InChI=1S/C21H32N4O.HI/c1-3-22-21(25-19-12-15(19)2)23-14-16-8-7-11-18(13-16)24-20(26)17-9-5-4-6-10-17;/h7-8,11,13,15,17,19H,3-6,9-10,12,14H2,1-2H3,(H,24,26)(H2,22,23,25);1H. The molecular formula is C21H33IN4O. The number of nitrogens with zero attached hydrogens (tertiary/aromatic N) is 1. The molecule has 0 aliphatic heterocycles. The lowest BCUT2D eigenvalue weighted by molar-refractivity contribution is -0.120. The molecule has 1 aromatic carbocycles. The number of rotatable bonds is 6. The van der Waals surface area contributed by atoms with Gasteiger partial charge in [0.25, 0.3) is 0 Å². The van der Waals surface area contributed by atoms with Crippen LogP contribution in [0.4, 0.5) is 5.69 Å². The fourth-order valence-electron chi connectivity index (χ4n) is 3.55. The average Bonchev–Trinajstić information content (AvgIpc) is 3.35. The smallest absolute Gasteiger partial charge is 0.227 e. The van der Waals surface area contributed by atoms with Gasteiger partial charge in [-0.1, -0.05) is 38.3 Å². The number of benzene rings is 1. The molecule has 0 spiro atoms. The van der Waals surface area contributed by atoms with Crippen molar-refractivity contribution < 1.29 is 4.79 Å². The molecule has 150 valence electrons. The molecule has 1 amide bonds. The summed E-state index contributed by atoms with van der Waals surface area (Å²) < 4.78 is 0. The Kier molecular flexibility index (Phi) is 8.86. The molecule has 2 atom stereocenters. The molecule has 2 aliphatic rings. The third-order valence-corrected chi connectivity index (χ3v) is 5.37. The molecule has 2 fully saturated rings. The van der Waals surface area contributed by atoms with Gasteiger partial charge in [0.1, 0.15) is 0 Å². The largest absolute Gasteiger partial charge is 0.357 e. The van der Waals surface area contributed by atoms with Crippen molar-refractivity contribution in [2.24, 2.45) is 16.8 Å². The van der Waals surface area contributed by atoms with E-state index in [1.165, 1.54) is 25.7 Å². The van der Waals surface area contributed by atoms with E-state index in [1.54, 1.807) is 0 Å². The van der Waals surface area contributed by atoms with Crippen molar-refractivity contribution >= 4 is 41.5 Å². The topological polar surface area (TPSA) is 65.5 Å². The van der Waals surface area contributed by atoms with Gasteiger partial charge in [0.15, 0.2) is 5.96 Å². The Bertz CT molecular complexity index is 643. The van der Waals surface area contributed by atoms with E-state index in [4.69, 9.17) is 4.99 Å². The van der Waals surface area contributed by atoms with E-state index in [2.05, 4.69) is 35.9 Å². The van der Waals surface area contributed by atoms with Gasteiger partial charge < -0.3 is 16.0 Å². The third kappa shape index (κ3) is 6.97. The number of amides is 1. The van der Waals surface area contributed by atoms with Crippen molar-refractivity contribution in [3.05, 3.63) is 29.8 Å². The van der Waals surface area contributed by atoms with Crippen LogP contribution in [0, 0.1) is 11.8 Å². The van der Waals surface area contributed by atoms with Gasteiger partial charge >= 0.3 is 0 Å². The highest BCUT2D eigenvalue weighted by atomic mass is 127. The lowest BCUT2D eigenvalue weighted by Crippen LogP contribution is -2.39. The first-order chi connectivity index (χ1) is 12.7. The summed E-state index contributed by atoms with van der Waals surface area (Å²) in [6, 6.07) is 8.60. The quantitative estimate of drug-likeness (QED) is 0.321. The molecule has 6 heteroatoms. The molecule has 5 nitrogen and oxygen atoms in total. The lowest BCUT2D eigenvalue weighted by atomic mass is 9.88. The Balaban J connectivity index is 0.00000261. The second-order valence-corrected chi connectivity index (χ2v) is 7.68. The minimum Gasteiger partial charge on any atom is -0.357 e. The normalized spacial score (nSPS) is 22.5. The van der Waals surface area contributed by atoms with Gasteiger partial charge in [-0.25, -0.2) is 4.99 Å². The Hall–Kier alpha value is -1.31. The predicted octanol–water partition coefficient (Wildman–Crippen LogP) is 4.29. The fraction of sp³-hybridized carbons (Fsp3) is 0.619. The number of carbonyl (C=O) groups is 1. The van der Waals surface area contributed by atoms with Gasteiger partial charge in [0, 0.05) is 24.2 Å². The van der Waals surface area contributed by atoms with Gasteiger partial charge in [0.2, 0.25) is 5.91 Å². The van der Waals surface area contributed by atoms with E-state index in [0.717, 1.165) is 42.5 Å². The number of halogens is 1. The first-order valence-corrected chi connectivity index (χ1v) is 10.1. The maximum absolute atomic E-state index is 12.4. The first kappa shape index (κ1) is 22.0. The molecule has 0 aromatic heterocycles. The SMILES string of the molecule is CCNC(=NCc1cccc(NC(=O)C2CCCCC2)c1)NC1CC1C.I. The van der Waals surface area contributed by atoms with E-state index < -0.39 is 0 Å². The predicted molar refractivity (Wildman–Crippen MR) is 123 cm³/mol. The molecule has 0 saturated heterocycles. The lowest BCUT2D eigenvalue weighted by Gasteiger charge is -2.20. The van der Waals surface area contributed by atoms with Crippen LogP contribution in [-0.4, -0.2) is 24.5 Å². The van der Waals surface area contributed by atoms with Crippen molar-refractivity contribution in [2.75, 3.05) is 11.9 Å². The number of anilines is 1. The molecule has 0 bridgehead atoms. The summed E-state index contributed by atoms with van der Waals surface area (Å²) in [6.07, 6.45) is 6.87. The first-order valence-electron chi connectivity index (χ1n) is 10.1. The van der Waals surface area contributed by atoms with Crippen molar-refractivity contribution in [1.82, 2.24) is 10.6 Å². The van der Waals surface area contributed by atoms with Crippen LogP contribution in [0.5, 0.6) is 0 Å². The molecule has 2 unspecified atom stereocenters. The van der Waals surface area contributed by atoms with Crippen LogP contribution in [0.3, 0.4) is 0 Å². The summed E-state index contributed by atoms with van der Waals surface area (Å²) in [6.45, 7) is 5.78. The molecule has 0 heterocycles. The van der Waals surface area contributed by atoms with Crippen molar-refractivity contribution in [2.45, 2.75) is 65.0 Å². The second kappa shape index (κ2) is 10.9. The molecular weight excluding hydrogens is 451 g/mol. The van der Waals surface area contributed by atoms with Gasteiger partial charge in [-0.3, -0.25) is 4.79 Å². The minimum absolute atomic E-state index is 0. The van der Waals surface area contributed by atoms with Crippen LogP contribution in [0.1, 0.15) is 57.9 Å². The molecule has 3 N–H and O–H groups in total. The highest BCUT2D eigenvalue weighted by molar-refractivity contribution is 14.0. The van der Waals surface area contributed by atoms with Gasteiger partial charge in [-0.05, 0) is 49.8 Å². The Labute approximate surface area is 180 Å². The summed E-state index contributed by atoms with van der Waals surface area (Å²) in [7, 11) is 0. The zero-order chi connectivity index (χ0) is 18.4. The van der Waals surface area contributed by atoms with Crippen LogP contribution in [-0.2, 0) is 11.3 Å². The van der Waals surface area contributed by atoms with E-state index in [1.807, 2.05) is 18.2 Å². The van der Waals surface area contributed by atoms with E-state index in [9.17, 15) is 4.79 Å². The Morgan fingerprint density at radius 3 is 2.63 bits per heavy atom. The number of carbonyl (C=O) groups excluding carboxylic acids is 1. The Morgan fingerprint density at radius 2 is 1.96 bits per heavy atom. The monoisotopic (exact) mass is 484 g/mol. The molecule has 3 rings (SSSR count). The molecule has 2 aliphatic carbocycles. The minimum atomic E-state index is 0. The summed E-state index contributed by atoms with van der Waals surface area (Å²) >= 11 is 0. The number of guanidine groups is 1. The maximum atomic E-state index is 12.4. The van der Waals surface area contributed by atoms with Gasteiger partial charge in [-0.15, -0.1) is 24.0 Å². The summed E-state index contributed by atoms with van der Waals surface area (Å²) in [5, 5.41) is 9.87. The second-order valence-electron chi connectivity index (χ2n) is 7.68. The van der Waals surface area contributed by atoms with Crippen molar-refractivity contribution in [3.8, 4) is 0 Å². The van der Waals surface area contributed by atoms with E-state index in [-0.39, 0.29) is 35.8 Å². The summed E-state index contributed by atoms with van der Waals surface area (Å²) in [5.74, 6) is 1.95. The average molecular weight is 484 g/mol. The molecule has 0 radical (unpaired) electrons. The van der Waals surface area contributed by atoms with E-state index >= 15 is 0 Å². The number of nitrogens with one attached hydrogen (secondary N) is 3. The van der Waals surface area contributed by atoms with Crippen LogP contribution < -0.4 is 16.0 Å². The number of hydrogen-bond donors (Lipinski definition) is 3. The van der Waals surface area contributed by atoms with Crippen molar-refractivity contribution in [1.29, 1.82) is 0 Å². The summed E-state index contributed by atoms with van der Waals surface area (Å²) in [5.41, 5.74) is 1.98. The summed E-state index contributed by atoms with van der Waals surface area (Å²) in [4.78, 5) is 17.1. The number of hydrogen-bond acceptors (Lipinski definition) is 2. The fourth-order valence-corrected chi connectivity index (χ4v) is 3.55. The van der Waals surface area contributed by atoms with Crippen LogP contribution >= 0.6 is 24.0 Å². The Morgan fingerprint density at radius 1 is 1.22 bits per heavy atom. The van der Waals surface area contributed by atoms with Crippen LogP contribution in [0.25, 0.3) is 0 Å². The third-order valence-electron chi connectivity index (χ3n) is 5.37. The van der Waals surface area contributed by atoms with Gasteiger partial charge in [0.05, 0.1) is 6.54 Å². The molecule has 2 saturated carbocycles. The molecule has 27 heavy (non-hydrogen) atoms. The van der Waals surface area contributed by atoms with Crippen LogP contribution in [0.2, 0.25) is 0 Å². The van der Waals surface area contributed by atoms with Crippen LogP contribution in [0.15, 0.2) is 29.3 Å². The zero-order valence-electron chi connectivity index (χ0n) is 16.5. The number of aliphatic imine (C=N–C) groups is 1. The zero-order valence-corrected chi connectivity index (χ0v) is 18.8. The van der Waals surface area contributed by atoms with E-state index in [0.29, 0.717) is 12.6 Å². The van der Waals surface area contributed by atoms with Gasteiger partial charge in [-0.2, -0.15) is 0 Å².